The molecule has 0 heterocycles. The van der Waals surface area contributed by atoms with Gasteiger partial charge in [0.05, 0.1) is 0 Å². The lowest BCUT2D eigenvalue weighted by Crippen LogP contribution is -2.10. The van der Waals surface area contributed by atoms with Crippen molar-refractivity contribution in [1.82, 2.24) is 0 Å². The Labute approximate surface area is 145 Å². The van der Waals surface area contributed by atoms with E-state index in [-0.39, 0.29) is 0 Å². The highest BCUT2D eigenvalue weighted by molar-refractivity contribution is 5.85. The molecule has 0 aromatic heterocycles. The van der Waals surface area contributed by atoms with E-state index in [2.05, 4.69) is 91.7 Å². The summed E-state index contributed by atoms with van der Waals surface area (Å²) < 4.78 is 0. The van der Waals surface area contributed by atoms with Crippen LogP contribution in [0, 0.1) is 0 Å². The Bertz CT molecular complexity index is 756. The Hall–Kier alpha value is -2.35. The van der Waals surface area contributed by atoms with Crippen LogP contribution in [0.2, 0.25) is 0 Å². The topological polar surface area (TPSA) is 15.6 Å². The summed E-state index contributed by atoms with van der Waals surface area (Å²) in [4.78, 5) is 6.80. The minimum absolute atomic E-state index is 0.324. The fourth-order valence-electron chi connectivity index (χ4n) is 3.17. The van der Waals surface area contributed by atoms with Gasteiger partial charge in [0.1, 0.15) is 0 Å². The number of rotatable bonds is 6. The molecule has 1 aliphatic rings. The highest BCUT2D eigenvalue weighted by Crippen LogP contribution is 2.37. The van der Waals surface area contributed by atoms with Crippen molar-refractivity contribution in [1.29, 1.82) is 0 Å². The third-order valence-corrected chi connectivity index (χ3v) is 4.59. The molecule has 2 aromatic carbocycles. The molecule has 0 fully saturated rings. The Morgan fingerprint density at radius 3 is 2.71 bits per heavy atom. The van der Waals surface area contributed by atoms with Crippen molar-refractivity contribution in [2.24, 2.45) is 4.99 Å². The predicted molar refractivity (Wildman–Crippen MR) is 105 cm³/mol. The van der Waals surface area contributed by atoms with Crippen molar-refractivity contribution in [3.05, 3.63) is 70.8 Å². The molecule has 124 valence electrons. The molecule has 1 unspecified atom stereocenters. The molecule has 2 aromatic rings. The van der Waals surface area contributed by atoms with Gasteiger partial charge in [0.15, 0.2) is 0 Å². The zero-order chi connectivity index (χ0) is 16.9. The second kappa shape index (κ2) is 7.48. The summed E-state index contributed by atoms with van der Waals surface area (Å²) in [6.45, 7) is 3.10. The molecule has 0 saturated carbocycles. The lowest BCUT2D eigenvalue weighted by Gasteiger charge is -2.18. The normalized spacial score (nSPS) is 15.9. The smallest absolute Gasteiger partial charge is 0.0389 e. The summed E-state index contributed by atoms with van der Waals surface area (Å²) >= 11 is 0. The van der Waals surface area contributed by atoms with Gasteiger partial charge in [0.2, 0.25) is 0 Å². The van der Waals surface area contributed by atoms with Gasteiger partial charge in [0.25, 0.3) is 0 Å². The van der Waals surface area contributed by atoms with Crippen LogP contribution >= 0.6 is 0 Å². The number of allylic oxidation sites excluding steroid dienone is 1. The number of anilines is 1. The third-order valence-electron chi connectivity index (χ3n) is 4.59. The number of hydrogen-bond acceptors (Lipinski definition) is 2. The fraction of sp³-hybridized carbons (Fsp3) is 0.318. The second-order valence-corrected chi connectivity index (χ2v) is 6.56. The van der Waals surface area contributed by atoms with Crippen LogP contribution in [0.1, 0.15) is 47.9 Å². The Morgan fingerprint density at radius 2 is 1.92 bits per heavy atom. The van der Waals surface area contributed by atoms with E-state index in [0.29, 0.717) is 5.92 Å². The van der Waals surface area contributed by atoms with Gasteiger partial charge < -0.3 is 4.90 Å². The summed E-state index contributed by atoms with van der Waals surface area (Å²) in [5, 5.41) is 0. The van der Waals surface area contributed by atoms with Gasteiger partial charge in [-0.25, -0.2) is 0 Å². The van der Waals surface area contributed by atoms with Gasteiger partial charge in [-0.05, 0) is 40.8 Å². The van der Waals surface area contributed by atoms with Crippen LogP contribution < -0.4 is 4.90 Å². The summed E-state index contributed by atoms with van der Waals surface area (Å²) in [6.07, 6.45) is 8.93. The van der Waals surface area contributed by atoms with Crippen LogP contribution in [0.4, 0.5) is 5.69 Å². The minimum Gasteiger partial charge on any atom is -0.378 e. The van der Waals surface area contributed by atoms with E-state index >= 15 is 0 Å². The maximum Gasteiger partial charge on any atom is 0.0389 e. The highest BCUT2D eigenvalue weighted by Gasteiger charge is 2.21. The molecule has 3 rings (SSSR count). The van der Waals surface area contributed by atoms with Crippen LogP contribution in [0.15, 0.2) is 53.5 Å². The lowest BCUT2D eigenvalue weighted by molar-refractivity contribution is 0.810. The van der Waals surface area contributed by atoms with E-state index in [4.69, 9.17) is 0 Å². The number of aliphatic imine (C=N–C) groups is 1. The van der Waals surface area contributed by atoms with E-state index in [1.807, 2.05) is 0 Å². The van der Waals surface area contributed by atoms with Crippen LogP contribution in [0.5, 0.6) is 0 Å². The Balaban J connectivity index is 1.98. The van der Waals surface area contributed by atoms with Crippen molar-refractivity contribution in [2.45, 2.75) is 25.7 Å². The molecular weight excluding hydrogens is 292 g/mol. The molecule has 1 atom stereocenters. The van der Waals surface area contributed by atoms with Gasteiger partial charge in [-0.2, -0.15) is 0 Å². The summed E-state index contributed by atoms with van der Waals surface area (Å²) in [5.41, 5.74) is 6.49. The Kier molecular flexibility index (Phi) is 5.14. The molecule has 24 heavy (non-hydrogen) atoms. The van der Waals surface area contributed by atoms with Crippen molar-refractivity contribution in [3.63, 3.8) is 0 Å². The fourth-order valence-corrected chi connectivity index (χ4v) is 3.17. The predicted octanol–water partition coefficient (Wildman–Crippen LogP) is 5.13. The molecule has 0 spiro atoms. The average Bonchev–Trinajstić information content (AvgIpc) is 3.02. The second-order valence-electron chi connectivity index (χ2n) is 6.56. The molecule has 0 N–H and O–H groups in total. The van der Waals surface area contributed by atoms with E-state index in [1.165, 1.54) is 34.4 Å². The quantitative estimate of drug-likeness (QED) is 0.532. The molecule has 0 bridgehead atoms. The number of benzene rings is 2. The molecular formula is C22H26N2. The molecule has 0 aliphatic heterocycles. The molecule has 2 heteroatoms. The van der Waals surface area contributed by atoms with Crippen molar-refractivity contribution < 1.29 is 0 Å². The standard InChI is InChI=1S/C22H26N2/c1-4-5-14-23-16-18-15-19(24(2)3)11-13-21(18)22-12-10-17-8-6-7-9-20(17)22/h6-13,15-16,22H,4-5,14H2,1-3H3. The van der Waals surface area contributed by atoms with Crippen molar-refractivity contribution >= 4 is 18.0 Å². The molecule has 0 radical (unpaired) electrons. The molecule has 2 nitrogen and oxygen atoms in total. The number of fused-ring (bicyclic) bond motifs is 1. The van der Waals surface area contributed by atoms with Crippen LogP contribution in [-0.4, -0.2) is 26.9 Å². The van der Waals surface area contributed by atoms with E-state index in [1.54, 1.807) is 0 Å². The summed E-state index contributed by atoms with van der Waals surface area (Å²) in [6, 6.07) is 15.4. The lowest BCUT2D eigenvalue weighted by atomic mass is 9.89. The van der Waals surface area contributed by atoms with Gasteiger partial charge >= 0.3 is 0 Å². The van der Waals surface area contributed by atoms with Gasteiger partial charge in [-0.3, -0.25) is 4.99 Å². The van der Waals surface area contributed by atoms with Crippen LogP contribution in [0.25, 0.3) is 6.08 Å². The summed E-state index contributed by atoms with van der Waals surface area (Å²) in [7, 11) is 4.16. The first-order chi connectivity index (χ1) is 11.7. The third kappa shape index (κ3) is 3.43. The van der Waals surface area contributed by atoms with E-state index in [0.717, 1.165) is 13.0 Å². The number of nitrogens with zero attached hydrogens (tertiary/aromatic N) is 2. The van der Waals surface area contributed by atoms with Gasteiger partial charge in [0, 0.05) is 38.5 Å². The zero-order valence-corrected chi connectivity index (χ0v) is 14.9. The molecule has 0 saturated heterocycles. The first kappa shape index (κ1) is 16.5. The van der Waals surface area contributed by atoms with Gasteiger partial charge in [-0.15, -0.1) is 0 Å². The van der Waals surface area contributed by atoms with Crippen molar-refractivity contribution in [3.8, 4) is 0 Å². The SMILES string of the molecule is CCCCN=Cc1cc(N(C)C)ccc1C1C=Cc2ccccc21. The van der Waals surface area contributed by atoms with Crippen LogP contribution in [-0.2, 0) is 0 Å². The minimum atomic E-state index is 0.324. The monoisotopic (exact) mass is 318 g/mol. The Morgan fingerprint density at radius 1 is 1.08 bits per heavy atom. The van der Waals surface area contributed by atoms with Gasteiger partial charge in [-0.1, -0.05) is 55.8 Å². The average molecular weight is 318 g/mol. The first-order valence-electron chi connectivity index (χ1n) is 8.79. The molecule has 1 aliphatic carbocycles. The maximum atomic E-state index is 4.65. The van der Waals surface area contributed by atoms with Crippen LogP contribution in [0.3, 0.4) is 0 Å². The van der Waals surface area contributed by atoms with E-state index < -0.39 is 0 Å². The molecule has 0 amide bonds. The van der Waals surface area contributed by atoms with E-state index in [9.17, 15) is 0 Å². The summed E-state index contributed by atoms with van der Waals surface area (Å²) in [5.74, 6) is 0.324. The zero-order valence-electron chi connectivity index (χ0n) is 14.9. The first-order valence-corrected chi connectivity index (χ1v) is 8.79. The maximum absolute atomic E-state index is 4.65. The largest absolute Gasteiger partial charge is 0.378 e. The number of hydrogen-bond donors (Lipinski definition) is 0. The highest BCUT2D eigenvalue weighted by atomic mass is 15.1. The van der Waals surface area contributed by atoms with Crippen molar-refractivity contribution in [2.75, 3.05) is 25.5 Å². The number of unbranched alkanes of at least 4 members (excludes halogenated alkanes) is 1.